The van der Waals surface area contributed by atoms with E-state index in [1.807, 2.05) is 42.5 Å². The van der Waals surface area contributed by atoms with Crippen LogP contribution in [0.2, 0.25) is 0 Å². The minimum atomic E-state index is -0.993. The van der Waals surface area contributed by atoms with Gasteiger partial charge in [-0.25, -0.2) is 0 Å². The summed E-state index contributed by atoms with van der Waals surface area (Å²) in [6.45, 7) is 0. The van der Waals surface area contributed by atoms with Crippen molar-refractivity contribution in [2.75, 3.05) is 0 Å². The number of aryl methyl sites for hydroxylation is 1. The van der Waals surface area contributed by atoms with E-state index in [1.54, 1.807) is 0 Å². The van der Waals surface area contributed by atoms with Crippen LogP contribution in [-0.2, 0) is 18.4 Å². The highest BCUT2D eigenvalue weighted by atomic mass is 16.3. The molecule has 20 heavy (non-hydrogen) atoms. The van der Waals surface area contributed by atoms with Gasteiger partial charge in [-0.15, -0.1) is 0 Å². The molecule has 0 bridgehead atoms. The first-order valence-corrected chi connectivity index (χ1v) is 7.13. The van der Waals surface area contributed by atoms with Gasteiger partial charge in [-0.1, -0.05) is 48.5 Å². The molecule has 0 aliphatic heterocycles. The molecule has 1 N–H and O–H groups in total. The van der Waals surface area contributed by atoms with Crippen molar-refractivity contribution in [3.63, 3.8) is 0 Å². The third-order valence-electron chi connectivity index (χ3n) is 4.86. The van der Waals surface area contributed by atoms with Crippen LogP contribution in [-0.4, -0.2) is 10.9 Å². The molecular weight excluding hydrogens is 248 g/mol. The Morgan fingerprint density at radius 1 is 1.00 bits per heavy atom. The van der Waals surface area contributed by atoms with Gasteiger partial charge in [0.2, 0.25) is 0 Å². The van der Waals surface area contributed by atoms with E-state index in [4.69, 9.17) is 0 Å². The van der Waals surface area contributed by atoms with Gasteiger partial charge in [0.25, 0.3) is 0 Å². The van der Waals surface area contributed by atoms with Gasteiger partial charge in [-0.05, 0) is 36.0 Å². The van der Waals surface area contributed by atoms with Crippen LogP contribution >= 0.6 is 0 Å². The Morgan fingerprint density at radius 3 is 2.50 bits per heavy atom. The van der Waals surface area contributed by atoms with Crippen LogP contribution in [0.4, 0.5) is 0 Å². The number of Topliss-reactive ketones (excluding diaryl/α,β-unsaturated/α-hetero) is 1. The second-order valence-corrected chi connectivity index (χ2v) is 5.86. The van der Waals surface area contributed by atoms with Crippen molar-refractivity contribution in [1.29, 1.82) is 0 Å². The summed E-state index contributed by atoms with van der Waals surface area (Å²) in [4.78, 5) is 12.6. The molecule has 4 rings (SSSR count). The molecule has 0 fully saturated rings. The molecule has 100 valence electrons. The normalized spacial score (nSPS) is 27.4. The highest BCUT2D eigenvalue weighted by Crippen LogP contribution is 2.47. The van der Waals surface area contributed by atoms with E-state index >= 15 is 0 Å². The second-order valence-electron chi connectivity index (χ2n) is 5.86. The average Bonchev–Trinajstić information content (AvgIpc) is 3.00. The standard InChI is InChI=1S/C18H16O2/c19-17-14-7-3-1-6-13(14)11-16(17)18(20)10-9-12-5-2-4-8-15(12)18/h1-8,16,20H,9-11H2. The Kier molecular flexibility index (Phi) is 2.39. The van der Waals surface area contributed by atoms with Gasteiger partial charge in [-0.3, -0.25) is 4.79 Å². The Hall–Kier alpha value is -1.93. The molecule has 0 radical (unpaired) electrons. The molecule has 0 saturated carbocycles. The minimum Gasteiger partial charge on any atom is -0.384 e. The Morgan fingerprint density at radius 2 is 1.70 bits per heavy atom. The molecule has 2 aromatic carbocycles. The maximum absolute atomic E-state index is 12.6. The van der Waals surface area contributed by atoms with E-state index in [0.717, 1.165) is 23.1 Å². The van der Waals surface area contributed by atoms with Crippen molar-refractivity contribution < 1.29 is 9.90 Å². The monoisotopic (exact) mass is 264 g/mol. The Bertz CT molecular complexity index is 704. The second kappa shape index (κ2) is 4.03. The van der Waals surface area contributed by atoms with Crippen molar-refractivity contribution in [3.8, 4) is 0 Å². The first-order valence-electron chi connectivity index (χ1n) is 7.13. The number of rotatable bonds is 1. The maximum Gasteiger partial charge on any atom is 0.169 e. The van der Waals surface area contributed by atoms with Crippen molar-refractivity contribution in [2.45, 2.75) is 24.9 Å². The highest BCUT2D eigenvalue weighted by molar-refractivity contribution is 6.03. The van der Waals surface area contributed by atoms with Gasteiger partial charge in [0, 0.05) is 5.56 Å². The number of ketones is 1. The topological polar surface area (TPSA) is 37.3 Å². The fraction of sp³-hybridized carbons (Fsp3) is 0.278. The molecule has 2 nitrogen and oxygen atoms in total. The lowest BCUT2D eigenvalue weighted by atomic mass is 9.80. The molecule has 2 atom stereocenters. The zero-order valence-corrected chi connectivity index (χ0v) is 11.2. The predicted octanol–water partition coefficient (Wildman–Crippen LogP) is 2.88. The smallest absolute Gasteiger partial charge is 0.169 e. The average molecular weight is 264 g/mol. The lowest BCUT2D eigenvalue weighted by Crippen LogP contribution is -2.36. The summed E-state index contributed by atoms with van der Waals surface area (Å²) in [6.07, 6.45) is 2.16. The molecule has 0 saturated heterocycles. The van der Waals surface area contributed by atoms with Gasteiger partial charge in [0.05, 0.1) is 5.92 Å². The van der Waals surface area contributed by atoms with Crippen LogP contribution in [0.5, 0.6) is 0 Å². The molecule has 2 aliphatic rings. The summed E-state index contributed by atoms with van der Waals surface area (Å²) in [5.41, 5.74) is 2.99. The van der Waals surface area contributed by atoms with Crippen molar-refractivity contribution in [2.24, 2.45) is 5.92 Å². The van der Waals surface area contributed by atoms with E-state index in [0.29, 0.717) is 12.8 Å². The fourth-order valence-electron chi connectivity index (χ4n) is 3.81. The summed E-state index contributed by atoms with van der Waals surface area (Å²) in [7, 11) is 0. The van der Waals surface area contributed by atoms with E-state index < -0.39 is 5.60 Å². The largest absolute Gasteiger partial charge is 0.384 e. The number of hydrogen-bond acceptors (Lipinski definition) is 2. The van der Waals surface area contributed by atoms with E-state index in [1.165, 1.54) is 5.56 Å². The third kappa shape index (κ3) is 1.46. The van der Waals surface area contributed by atoms with Gasteiger partial charge in [0.1, 0.15) is 5.60 Å². The number of aliphatic hydroxyl groups is 1. The lowest BCUT2D eigenvalue weighted by molar-refractivity contribution is -0.0109. The van der Waals surface area contributed by atoms with Crippen LogP contribution in [0.15, 0.2) is 48.5 Å². The van der Waals surface area contributed by atoms with E-state index in [9.17, 15) is 9.90 Å². The first kappa shape index (κ1) is 11.9. The summed E-state index contributed by atoms with van der Waals surface area (Å²) in [6, 6.07) is 15.7. The van der Waals surface area contributed by atoms with Crippen LogP contribution in [0.25, 0.3) is 0 Å². The van der Waals surface area contributed by atoms with Gasteiger partial charge < -0.3 is 5.11 Å². The van der Waals surface area contributed by atoms with E-state index in [2.05, 4.69) is 6.07 Å². The molecular formula is C18H16O2. The molecule has 0 spiro atoms. The Balaban J connectivity index is 1.79. The predicted molar refractivity (Wildman–Crippen MR) is 76.6 cm³/mol. The quantitative estimate of drug-likeness (QED) is 0.860. The molecule has 2 aliphatic carbocycles. The first-order chi connectivity index (χ1) is 9.70. The van der Waals surface area contributed by atoms with Crippen LogP contribution in [0, 0.1) is 5.92 Å². The maximum atomic E-state index is 12.6. The van der Waals surface area contributed by atoms with Gasteiger partial charge in [0.15, 0.2) is 5.78 Å². The molecule has 0 aromatic heterocycles. The van der Waals surface area contributed by atoms with Crippen molar-refractivity contribution in [3.05, 3.63) is 70.8 Å². The van der Waals surface area contributed by atoms with Crippen LogP contribution in [0.1, 0.15) is 33.5 Å². The number of carbonyl (C=O) groups is 1. The Labute approximate surface area is 118 Å². The summed E-state index contributed by atoms with van der Waals surface area (Å²) >= 11 is 0. The van der Waals surface area contributed by atoms with Crippen molar-refractivity contribution >= 4 is 5.78 Å². The zero-order valence-electron chi connectivity index (χ0n) is 11.2. The summed E-state index contributed by atoms with van der Waals surface area (Å²) < 4.78 is 0. The molecule has 0 heterocycles. The number of benzene rings is 2. The number of carbonyl (C=O) groups excluding carboxylic acids is 1. The van der Waals surface area contributed by atoms with Gasteiger partial charge >= 0.3 is 0 Å². The van der Waals surface area contributed by atoms with E-state index in [-0.39, 0.29) is 11.7 Å². The minimum absolute atomic E-state index is 0.0970. The zero-order chi connectivity index (χ0) is 13.7. The molecule has 0 amide bonds. The number of hydrogen-bond donors (Lipinski definition) is 1. The third-order valence-corrected chi connectivity index (χ3v) is 4.86. The van der Waals surface area contributed by atoms with Gasteiger partial charge in [-0.2, -0.15) is 0 Å². The summed E-state index contributed by atoms with van der Waals surface area (Å²) in [5, 5.41) is 11.2. The molecule has 2 aromatic rings. The SMILES string of the molecule is O=C1c2ccccc2CC1C1(O)CCc2ccccc21. The van der Waals surface area contributed by atoms with Crippen LogP contribution in [0.3, 0.4) is 0 Å². The summed E-state index contributed by atoms with van der Waals surface area (Å²) in [5.74, 6) is -0.233. The van der Waals surface area contributed by atoms with Crippen molar-refractivity contribution in [1.82, 2.24) is 0 Å². The number of fused-ring (bicyclic) bond motifs is 2. The fourth-order valence-corrected chi connectivity index (χ4v) is 3.81. The lowest BCUT2D eigenvalue weighted by Gasteiger charge is -2.29. The molecule has 2 heteroatoms. The van der Waals surface area contributed by atoms with Crippen LogP contribution < -0.4 is 0 Å². The molecule has 2 unspecified atom stereocenters. The highest BCUT2D eigenvalue weighted by Gasteiger charge is 2.49.